The van der Waals surface area contributed by atoms with E-state index >= 15 is 0 Å². The number of unbranched alkanes of at least 4 members (excludes halogenated alkanes) is 11. The van der Waals surface area contributed by atoms with E-state index in [2.05, 4.69) is 117 Å². The second-order valence-corrected chi connectivity index (χ2v) is 16.5. The predicted molar refractivity (Wildman–Crippen MR) is 266 cm³/mol. The van der Waals surface area contributed by atoms with Crippen molar-refractivity contribution >= 4 is 17.9 Å². The van der Waals surface area contributed by atoms with Crippen molar-refractivity contribution in [3.05, 3.63) is 109 Å². The molecule has 1 aliphatic rings. The maximum Gasteiger partial charge on any atom is 0.335 e. The Morgan fingerprint density at radius 2 is 0.864 bits per heavy atom. The summed E-state index contributed by atoms with van der Waals surface area (Å²) < 4.78 is 21.7. The zero-order valence-electron chi connectivity index (χ0n) is 40.4. The number of aliphatic carboxylic acids is 1. The lowest BCUT2D eigenvalue weighted by Gasteiger charge is -2.38. The van der Waals surface area contributed by atoms with Crippen LogP contribution in [0.15, 0.2) is 109 Å². The number of esters is 2. The van der Waals surface area contributed by atoms with Gasteiger partial charge in [-0.2, -0.15) is 0 Å². The number of ether oxygens (including phenoxy) is 4. The van der Waals surface area contributed by atoms with Crippen molar-refractivity contribution in [1.82, 2.24) is 0 Å². The van der Waals surface area contributed by atoms with E-state index in [4.69, 9.17) is 18.9 Å². The third-order valence-electron chi connectivity index (χ3n) is 10.6. The van der Waals surface area contributed by atoms with E-state index in [0.29, 0.717) is 19.3 Å². The van der Waals surface area contributed by atoms with Crippen LogP contribution >= 0.6 is 0 Å². The highest BCUT2D eigenvalue weighted by molar-refractivity contribution is 5.73. The Morgan fingerprint density at radius 3 is 1.32 bits per heavy atom. The fraction of sp³-hybridized carbons (Fsp3) is 0.618. The van der Waals surface area contributed by atoms with E-state index in [1.165, 1.54) is 32.1 Å². The van der Waals surface area contributed by atoms with Crippen LogP contribution in [-0.2, 0) is 33.3 Å². The van der Waals surface area contributed by atoms with Crippen LogP contribution in [0.4, 0.5) is 0 Å². The summed E-state index contributed by atoms with van der Waals surface area (Å²) in [6, 6.07) is 0. The average molecular weight is 923 g/mol. The Hall–Kier alpha value is -4.13. The van der Waals surface area contributed by atoms with Gasteiger partial charge >= 0.3 is 17.9 Å². The van der Waals surface area contributed by atoms with Gasteiger partial charge in [0.05, 0.1) is 6.61 Å². The number of allylic oxidation sites excluding steroid dienone is 18. The fourth-order valence-electron chi connectivity index (χ4n) is 6.79. The van der Waals surface area contributed by atoms with Crippen LogP contribution in [0, 0.1) is 0 Å². The number of carboxylic acid groups (broad SMARTS) is 1. The van der Waals surface area contributed by atoms with Crippen LogP contribution in [-0.4, -0.2) is 88.4 Å². The van der Waals surface area contributed by atoms with Crippen molar-refractivity contribution in [2.75, 3.05) is 13.2 Å². The number of rotatable bonds is 40. The van der Waals surface area contributed by atoms with Gasteiger partial charge in [0.1, 0.15) is 24.9 Å². The highest BCUT2D eigenvalue weighted by atomic mass is 16.7. The van der Waals surface area contributed by atoms with Gasteiger partial charge in [0.25, 0.3) is 0 Å². The maximum absolute atomic E-state index is 12.8. The first kappa shape index (κ1) is 59.9. The molecule has 0 aromatic rings. The molecule has 66 heavy (non-hydrogen) atoms. The standard InChI is InChI=1S/C55H86O11/c1-3-5-7-9-11-13-15-17-19-21-22-23-24-25-26-28-30-32-34-36-38-40-42-44-49(57)65-47(46-64-55-52(60)50(58)51(59)53(66-55)54(61)62)45-63-48(56)43-41-39-37-35-33-31-29-27-20-18-16-14-12-10-8-6-4-2/h5-8,11-14,17-20,22-23,29,31,35,37,47,50-53,55,58-60H,3-4,9-10,15-16,21,24-28,30,32-34,36,38-46H2,1-2H3,(H,61,62)/b7-5-,8-6-,13-11-,14-12-,19-17-,20-18-,23-22-,31-29-,37-35-. The van der Waals surface area contributed by atoms with Gasteiger partial charge in [-0.15, -0.1) is 0 Å². The minimum absolute atomic E-state index is 0.150. The molecule has 0 aromatic carbocycles. The summed E-state index contributed by atoms with van der Waals surface area (Å²) >= 11 is 0. The van der Waals surface area contributed by atoms with Crippen molar-refractivity contribution in [2.45, 2.75) is 205 Å². The maximum atomic E-state index is 12.8. The molecule has 6 atom stereocenters. The number of hydrogen-bond acceptors (Lipinski definition) is 10. The molecule has 372 valence electrons. The molecule has 1 fully saturated rings. The normalized spacial score (nSPS) is 20.0. The third kappa shape index (κ3) is 34.2. The van der Waals surface area contributed by atoms with Gasteiger partial charge < -0.3 is 39.4 Å². The SMILES string of the molecule is CC/C=C\C/C=C\C/C=C\C/C=C\C/C=C\CCCC(=O)OCC(COC1OC(C(=O)O)C(O)C(O)C1O)OC(=O)CCCCCCCCCCCC/C=C\C/C=C\C/C=C\C/C=C\CC. The van der Waals surface area contributed by atoms with E-state index in [0.717, 1.165) is 89.9 Å². The van der Waals surface area contributed by atoms with Gasteiger partial charge in [0.2, 0.25) is 0 Å². The molecule has 4 N–H and O–H groups in total. The number of carbonyl (C=O) groups excluding carboxylic acids is 2. The van der Waals surface area contributed by atoms with Crippen molar-refractivity contribution in [2.24, 2.45) is 0 Å². The Morgan fingerprint density at radius 1 is 0.470 bits per heavy atom. The first-order valence-corrected chi connectivity index (χ1v) is 24.9. The lowest BCUT2D eigenvalue weighted by molar-refractivity contribution is -0.298. The van der Waals surface area contributed by atoms with Crippen LogP contribution in [0.25, 0.3) is 0 Å². The zero-order valence-corrected chi connectivity index (χ0v) is 40.4. The summed E-state index contributed by atoms with van der Waals surface area (Å²) in [5, 5.41) is 39.9. The van der Waals surface area contributed by atoms with Gasteiger partial charge in [-0.25, -0.2) is 4.79 Å². The quantitative estimate of drug-likeness (QED) is 0.0262. The minimum atomic E-state index is -1.88. The molecular weight excluding hydrogens is 837 g/mol. The number of aliphatic hydroxyl groups excluding tert-OH is 3. The van der Waals surface area contributed by atoms with Gasteiger partial charge in [-0.3, -0.25) is 9.59 Å². The molecule has 11 nitrogen and oxygen atoms in total. The van der Waals surface area contributed by atoms with E-state index in [1.807, 2.05) is 6.08 Å². The Kier molecular flexibility index (Phi) is 39.4. The lowest BCUT2D eigenvalue weighted by atomic mass is 9.99. The minimum Gasteiger partial charge on any atom is -0.479 e. The van der Waals surface area contributed by atoms with Crippen molar-refractivity contribution in [1.29, 1.82) is 0 Å². The summed E-state index contributed by atoms with van der Waals surface area (Å²) in [5.74, 6) is -2.54. The predicted octanol–water partition coefficient (Wildman–Crippen LogP) is 11.8. The summed E-state index contributed by atoms with van der Waals surface area (Å²) in [4.78, 5) is 37.0. The Balaban J connectivity index is 2.35. The smallest absolute Gasteiger partial charge is 0.335 e. The van der Waals surface area contributed by atoms with Crippen molar-refractivity contribution in [3.8, 4) is 0 Å². The monoisotopic (exact) mass is 923 g/mol. The zero-order chi connectivity index (χ0) is 48.1. The van der Waals surface area contributed by atoms with Crippen molar-refractivity contribution in [3.63, 3.8) is 0 Å². The molecule has 0 aromatic heterocycles. The van der Waals surface area contributed by atoms with Crippen LogP contribution in [0.1, 0.15) is 168 Å². The molecule has 0 spiro atoms. The van der Waals surface area contributed by atoms with Gasteiger partial charge in [-0.05, 0) is 89.9 Å². The summed E-state index contributed by atoms with van der Waals surface area (Å²) in [7, 11) is 0. The molecule has 0 saturated carbocycles. The third-order valence-corrected chi connectivity index (χ3v) is 10.6. The van der Waals surface area contributed by atoms with Gasteiger partial charge in [0, 0.05) is 12.8 Å². The molecule has 0 radical (unpaired) electrons. The van der Waals surface area contributed by atoms with E-state index in [1.54, 1.807) is 0 Å². The second-order valence-electron chi connectivity index (χ2n) is 16.5. The number of aliphatic hydroxyl groups is 3. The first-order chi connectivity index (χ1) is 32.2. The highest BCUT2D eigenvalue weighted by Crippen LogP contribution is 2.23. The molecule has 1 rings (SSSR count). The topological polar surface area (TPSA) is 169 Å². The number of carboxylic acids is 1. The van der Waals surface area contributed by atoms with Crippen LogP contribution in [0.2, 0.25) is 0 Å². The van der Waals surface area contributed by atoms with Crippen LogP contribution in [0.3, 0.4) is 0 Å². The summed E-state index contributed by atoms with van der Waals surface area (Å²) in [6.07, 6.45) is 51.4. The van der Waals surface area contributed by atoms with Gasteiger partial charge in [-0.1, -0.05) is 175 Å². The van der Waals surface area contributed by atoms with Gasteiger partial charge in [0.15, 0.2) is 18.5 Å². The lowest BCUT2D eigenvalue weighted by Crippen LogP contribution is -2.60. The molecule has 6 unspecified atom stereocenters. The molecule has 1 saturated heterocycles. The average Bonchev–Trinajstić information content (AvgIpc) is 3.30. The first-order valence-electron chi connectivity index (χ1n) is 24.9. The van der Waals surface area contributed by atoms with Crippen molar-refractivity contribution < 1.29 is 53.8 Å². The van der Waals surface area contributed by atoms with E-state index < -0.39 is 61.3 Å². The van der Waals surface area contributed by atoms with E-state index in [-0.39, 0.29) is 19.4 Å². The molecular formula is C55H86O11. The molecule has 0 aliphatic carbocycles. The number of hydrogen-bond donors (Lipinski definition) is 4. The molecule has 11 heteroatoms. The van der Waals surface area contributed by atoms with Crippen LogP contribution < -0.4 is 0 Å². The summed E-state index contributed by atoms with van der Waals surface area (Å²) in [5.41, 5.74) is 0. The van der Waals surface area contributed by atoms with Crippen LogP contribution in [0.5, 0.6) is 0 Å². The Bertz CT molecular complexity index is 1500. The second kappa shape index (κ2) is 43.4. The van der Waals surface area contributed by atoms with E-state index in [9.17, 15) is 34.8 Å². The molecule has 1 aliphatic heterocycles. The number of carbonyl (C=O) groups is 3. The highest BCUT2D eigenvalue weighted by Gasteiger charge is 2.47. The summed E-state index contributed by atoms with van der Waals surface area (Å²) in [6.45, 7) is 3.53. The largest absolute Gasteiger partial charge is 0.479 e. The molecule has 0 bridgehead atoms. The molecule has 1 heterocycles. The fourth-order valence-corrected chi connectivity index (χ4v) is 6.79. The Labute approximate surface area is 397 Å². The molecule has 0 amide bonds.